The number of nitrogens with zero attached hydrogens (tertiary/aromatic N) is 2. The zero-order valence-corrected chi connectivity index (χ0v) is 10.2. The molecule has 1 aromatic rings. The van der Waals surface area contributed by atoms with Crippen molar-refractivity contribution >= 4 is 33.7 Å². The van der Waals surface area contributed by atoms with Gasteiger partial charge >= 0.3 is 5.97 Å². The Morgan fingerprint density at radius 2 is 2.50 bits per heavy atom. The number of thioether (sulfide) groups is 1. The monoisotopic (exact) mass is 279 g/mol. The molecule has 0 aliphatic rings. The van der Waals surface area contributed by atoms with E-state index in [1.54, 1.807) is 0 Å². The molecule has 0 amide bonds. The Kier molecular flexibility index (Phi) is 4.40. The predicted octanol–water partition coefficient (Wildman–Crippen LogP) is 1.14. The molecule has 5 nitrogen and oxygen atoms in total. The Morgan fingerprint density at radius 3 is 3.00 bits per heavy atom. The van der Waals surface area contributed by atoms with E-state index in [0.717, 1.165) is 5.82 Å². The fraction of sp³-hybridized carbons (Fsp3) is 0.571. The van der Waals surface area contributed by atoms with Gasteiger partial charge in [0, 0.05) is 5.75 Å². The third kappa shape index (κ3) is 3.30. The average Bonchev–Trinajstić information content (AvgIpc) is 2.59. The molecule has 0 saturated heterocycles. The van der Waals surface area contributed by atoms with Gasteiger partial charge in [-0.25, -0.2) is 4.98 Å². The Balaban J connectivity index is 2.37. The van der Waals surface area contributed by atoms with E-state index in [2.05, 4.69) is 35.8 Å². The topological polar surface area (TPSA) is 67.9 Å². The van der Waals surface area contributed by atoms with E-state index in [1.807, 2.05) is 6.92 Å². The average molecular weight is 280 g/mol. The zero-order valence-electron chi connectivity index (χ0n) is 7.78. The van der Waals surface area contributed by atoms with Gasteiger partial charge in [0.15, 0.2) is 0 Å². The Morgan fingerprint density at radius 1 is 1.79 bits per heavy atom. The van der Waals surface area contributed by atoms with Crippen LogP contribution in [0.4, 0.5) is 0 Å². The molecule has 0 radical (unpaired) electrons. The summed E-state index contributed by atoms with van der Waals surface area (Å²) in [5.74, 6) is 1.02. The van der Waals surface area contributed by atoms with Crippen molar-refractivity contribution in [2.45, 2.75) is 16.9 Å². The summed E-state index contributed by atoms with van der Waals surface area (Å²) in [5.41, 5.74) is 0. The van der Waals surface area contributed by atoms with Gasteiger partial charge < -0.3 is 4.74 Å². The molecule has 0 saturated carbocycles. The highest BCUT2D eigenvalue weighted by Crippen LogP contribution is 2.17. The molecule has 0 aromatic carbocycles. The zero-order chi connectivity index (χ0) is 10.6. The molecule has 0 aliphatic heterocycles. The molecule has 7 heteroatoms. The fourth-order valence-electron chi connectivity index (χ4n) is 0.730. The van der Waals surface area contributed by atoms with E-state index in [1.165, 1.54) is 18.9 Å². The standard InChI is InChI=1S/C7H10BrN3O2S/c1-4-9-7(11-10-4)14-3-5(8)6(12)13-2/h5H,3H2,1-2H3,(H,9,10,11). The summed E-state index contributed by atoms with van der Waals surface area (Å²) in [6.07, 6.45) is 0. The quantitative estimate of drug-likeness (QED) is 0.509. The van der Waals surface area contributed by atoms with Crippen molar-refractivity contribution in [2.75, 3.05) is 12.9 Å². The minimum atomic E-state index is -0.323. The van der Waals surface area contributed by atoms with Crippen LogP contribution in [0.15, 0.2) is 5.16 Å². The number of hydrogen-bond donors (Lipinski definition) is 1. The number of aromatic amines is 1. The van der Waals surface area contributed by atoms with Gasteiger partial charge in [-0.3, -0.25) is 9.89 Å². The maximum absolute atomic E-state index is 11.0. The lowest BCUT2D eigenvalue weighted by molar-refractivity contribution is -0.139. The molecule has 78 valence electrons. The number of carbonyl (C=O) groups is 1. The molecule has 14 heavy (non-hydrogen) atoms. The van der Waals surface area contributed by atoms with E-state index < -0.39 is 0 Å². The smallest absolute Gasteiger partial charge is 0.320 e. The summed E-state index contributed by atoms with van der Waals surface area (Å²) in [6, 6.07) is 0. The number of alkyl halides is 1. The van der Waals surface area contributed by atoms with E-state index in [9.17, 15) is 4.79 Å². The molecule has 0 spiro atoms. The van der Waals surface area contributed by atoms with Crippen LogP contribution >= 0.6 is 27.7 Å². The van der Waals surface area contributed by atoms with Crippen molar-refractivity contribution in [2.24, 2.45) is 0 Å². The molecule has 1 atom stereocenters. The second kappa shape index (κ2) is 5.35. The van der Waals surface area contributed by atoms with Crippen LogP contribution in [-0.4, -0.2) is 38.8 Å². The van der Waals surface area contributed by atoms with Gasteiger partial charge in [0.2, 0.25) is 5.16 Å². The number of H-pyrrole nitrogens is 1. The second-order valence-corrected chi connectivity index (χ2v) is 4.60. The number of esters is 1. The minimum absolute atomic E-state index is 0.287. The summed E-state index contributed by atoms with van der Waals surface area (Å²) in [4.78, 5) is 14.8. The van der Waals surface area contributed by atoms with Gasteiger partial charge in [0.1, 0.15) is 10.7 Å². The maximum atomic E-state index is 11.0. The van der Waals surface area contributed by atoms with Crippen molar-refractivity contribution < 1.29 is 9.53 Å². The summed E-state index contributed by atoms with van der Waals surface area (Å²) in [7, 11) is 1.36. The third-order valence-electron chi connectivity index (χ3n) is 1.39. The summed E-state index contributed by atoms with van der Waals surface area (Å²) >= 11 is 4.60. The number of aromatic nitrogens is 3. The lowest BCUT2D eigenvalue weighted by atomic mass is 10.5. The van der Waals surface area contributed by atoms with Crippen LogP contribution < -0.4 is 0 Å². The lowest BCUT2D eigenvalue weighted by Crippen LogP contribution is -2.17. The summed E-state index contributed by atoms with van der Waals surface area (Å²) in [5, 5.41) is 7.28. The molecule has 0 aliphatic carbocycles. The third-order valence-corrected chi connectivity index (χ3v) is 3.46. The van der Waals surface area contributed by atoms with E-state index in [0.29, 0.717) is 10.9 Å². The fourth-order valence-corrected chi connectivity index (χ4v) is 2.06. The van der Waals surface area contributed by atoms with Crippen molar-refractivity contribution in [3.05, 3.63) is 5.82 Å². The van der Waals surface area contributed by atoms with Crippen LogP contribution in [0, 0.1) is 6.92 Å². The number of carbonyl (C=O) groups excluding carboxylic acids is 1. The Labute approximate surface area is 94.1 Å². The first-order chi connectivity index (χ1) is 6.63. The first-order valence-corrected chi connectivity index (χ1v) is 5.77. The molecule has 1 rings (SSSR count). The van der Waals surface area contributed by atoms with E-state index in [-0.39, 0.29) is 10.8 Å². The van der Waals surface area contributed by atoms with Crippen molar-refractivity contribution in [1.29, 1.82) is 0 Å². The second-order valence-electron chi connectivity index (χ2n) is 2.51. The van der Waals surface area contributed by atoms with Crippen LogP contribution in [0.25, 0.3) is 0 Å². The van der Waals surface area contributed by atoms with Gasteiger partial charge in [-0.05, 0) is 6.92 Å². The Hall–Kier alpha value is -0.560. The number of ether oxygens (including phenoxy) is 1. The predicted molar refractivity (Wildman–Crippen MR) is 56.6 cm³/mol. The first kappa shape index (κ1) is 11.5. The Bertz CT molecular complexity index is 318. The largest absolute Gasteiger partial charge is 0.468 e. The summed E-state index contributed by atoms with van der Waals surface area (Å²) < 4.78 is 4.56. The number of nitrogens with one attached hydrogen (secondary N) is 1. The van der Waals surface area contributed by atoms with Crippen molar-refractivity contribution in [3.8, 4) is 0 Å². The van der Waals surface area contributed by atoms with Crippen LogP contribution in [0.1, 0.15) is 5.82 Å². The van der Waals surface area contributed by atoms with Crippen LogP contribution in [0.3, 0.4) is 0 Å². The van der Waals surface area contributed by atoms with Gasteiger partial charge in [-0.1, -0.05) is 27.7 Å². The number of rotatable bonds is 4. The summed E-state index contributed by atoms with van der Waals surface area (Å²) in [6.45, 7) is 1.82. The van der Waals surface area contributed by atoms with Crippen molar-refractivity contribution in [1.82, 2.24) is 15.2 Å². The van der Waals surface area contributed by atoms with Crippen LogP contribution in [-0.2, 0) is 9.53 Å². The minimum Gasteiger partial charge on any atom is -0.468 e. The number of hydrogen-bond acceptors (Lipinski definition) is 5. The molecular formula is C7H10BrN3O2S. The van der Waals surface area contributed by atoms with E-state index >= 15 is 0 Å². The van der Waals surface area contributed by atoms with Crippen LogP contribution in [0.5, 0.6) is 0 Å². The molecule has 0 bridgehead atoms. The number of methoxy groups -OCH3 is 1. The highest BCUT2D eigenvalue weighted by Gasteiger charge is 2.16. The van der Waals surface area contributed by atoms with Gasteiger partial charge in [0.25, 0.3) is 0 Å². The van der Waals surface area contributed by atoms with Crippen molar-refractivity contribution in [3.63, 3.8) is 0 Å². The molecule has 1 aromatic heterocycles. The first-order valence-electron chi connectivity index (χ1n) is 3.87. The molecule has 1 heterocycles. The molecule has 1 N–H and O–H groups in total. The SMILES string of the molecule is COC(=O)C(Br)CSc1n[nH]c(C)n1. The molecule has 0 fully saturated rings. The van der Waals surface area contributed by atoms with Gasteiger partial charge in [-0.2, -0.15) is 0 Å². The maximum Gasteiger partial charge on any atom is 0.320 e. The number of halogens is 1. The highest BCUT2D eigenvalue weighted by molar-refractivity contribution is 9.10. The van der Waals surface area contributed by atoms with Crippen LogP contribution in [0.2, 0.25) is 0 Å². The van der Waals surface area contributed by atoms with E-state index in [4.69, 9.17) is 0 Å². The number of aryl methyl sites for hydroxylation is 1. The van der Waals surface area contributed by atoms with Gasteiger partial charge in [0.05, 0.1) is 7.11 Å². The van der Waals surface area contributed by atoms with Gasteiger partial charge in [-0.15, -0.1) is 5.10 Å². The normalized spacial score (nSPS) is 12.5. The lowest BCUT2D eigenvalue weighted by Gasteiger charge is -2.04. The highest BCUT2D eigenvalue weighted by atomic mass is 79.9. The molecular weight excluding hydrogens is 270 g/mol. The molecule has 1 unspecified atom stereocenters.